The number of imidazole rings is 1. The number of ether oxygens (including phenoxy) is 1. The molecule has 1 N–H and O–H groups in total. The van der Waals surface area contributed by atoms with Gasteiger partial charge in [-0.05, 0) is 24.5 Å². The van der Waals surface area contributed by atoms with Crippen molar-refractivity contribution in [3.63, 3.8) is 0 Å². The van der Waals surface area contributed by atoms with Crippen LogP contribution in [0.4, 0.5) is 0 Å². The molecule has 2 aromatic rings. The van der Waals surface area contributed by atoms with E-state index in [2.05, 4.69) is 22.1 Å². The summed E-state index contributed by atoms with van der Waals surface area (Å²) in [5.41, 5.74) is 5.15. The lowest BCUT2D eigenvalue weighted by Gasteiger charge is -2.18. The van der Waals surface area contributed by atoms with E-state index in [-0.39, 0.29) is 12.4 Å². The van der Waals surface area contributed by atoms with E-state index in [1.54, 1.807) is 13.4 Å². The summed E-state index contributed by atoms with van der Waals surface area (Å²) in [6.07, 6.45) is 9.03. The first-order valence-corrected chi connectivity index (χ1v) is 6.20. The molecule has 0 atom stereocenters. The van der Waals surface area contributed by atoms with Crippen LogP contribution < -0.4 is 4.74 Å². The van der Waals surface area contributed by atoms with Crippen molar-refractivity contribution in [3.8, 4) is 5.75 Å². The second-order valence-corrected chi connectivity index (χ2v) is 4.57. The lowest BCUT2D eigenvalue weighted by Crippen LogP contribution is -2.04. The number of hydrogen-bond acceptors (Lipinski definition) is 2. The minimum Gasteiger partial charge on any atom is -0.496 e. The Morgan fingerprint density at radius 3 is 2.95 bits per heavy atom. The Morgan fingerprint density at radius 1 is 1.32 bits per heavy atom. The van der Waals surface area contributed by atoms with Gasteiger partial charge in [-0.25, -0.2) is 4.98 Å². The molecule has 0 bridgehead atoms. The summed E-state index contributed by atoms with van der Waals surface area (Å²) in [5, 5.41) is 0. The second-order valence-electron chi connectivity index (χ2n) is 4.57. The van der Waals surface area contributed by atoms with Crippen LogP contribution in [0.15, 0.2) is 36.3 Å². The molecule has 1 aliphatic rings. The van der Waals surface area contributed by atoms with Crippen molar-refractivity contribution in [1.82, 2.24) is 9.97 Å². The van der Waals surface area contributed by atoms with E-state index in [4.69, 9.17) is 4.74 Å². The van der Waals surface area contributed by atoms with Crippen molar-refractivity contribution >= 4 is 18.5 Å². The first-order chi connectivity index (χ1) is 8.86. The Bertz CT molecular complexity index is 576. The average molecular weight is 277 g/mol. The molecule has 0 saturated carbocycles. The maximum atomic E-state index is 5.41. The first-order valence-electron chi connectivity index (χ1n) is 6.20. The number of H-pyrrole nitrogens is 1. The van der Waals surface area contributed by atoms with Gasteiger partial charge in [0.25, 0.3) is 0 Å². The summed E-state index contributed by atoms with van der Waals surface area (Å²) in [6, 6.07) is 6.23. The van der Waals surface area contributed by atoms with Crippen LogP contribution >= 0.6 is 12.4 Å². The van der Waals surface area contributed by atoms with Crippen molar-refractivity contribution in [2.45, 2.75) is 19.3 Å². The SMILES string of the molecule is COc1cccc2c1CCC(Cc1c[nH]cn1)=C2.Cl. The van der Waals surface area contributed by atoms with E-state index in [9.17, 15) is 0 Å². The van der Waals surface area contributed by atoms with Crippen molar-refractivity contribution in [1.29, 1.82) is 0 Å². The molecular formula is C15H17ClN2O. The van der Waals surface area contributed by atoms with Gasteiger partial charge in [0.1, 0.15) is 5.75 Å². The quantitative estimate of drug-likeness (QED) is 0.933. The van der Waals surface area contributed by atoms with Gasteiger partial charge in [0.15, 0.2) is 0 Å². The molecule has 1 aromatic carbocycles. The largest absolute Gasteiger partial charge is 0.496 e. The highest BCUT2D eigenvalue weighted by atomic mass is 35.5. The number of benzene rings is 1. The third-order valence-electron chi connectivity index (χ3n) is 3.41. The molecule has 1 aromatic heterocycles. The molecule has 0 radical (unpaired) electrons. The van der Waals surface area contributed by atoms with Crippen LogP contribution in [0.25, 0.3) is 6.08 Å². The van der Waals surface area contributed by atoms with Gasteiger partial charge in [-0.3, -0.25) is 0 Å². The lowest BCUT2D eigenvalue weighted by molar-refractivity contribution is 0.409. The highest BCUT2D eigenvalue weighted by Gasteiger charge is 2.14. The van der Waals surface area contributed by atoms with Gasteiger partial charge in [0.2, 0.25) is 0 Å². The molecule has 4 heteroatoms. The number of methoxy groups -OCH3 is 1. The number of fused-ring (bicyclic) bond motifs is 1. The zero-order valence-electron chi connectivity index (χ0n) is 10.8. The van der Waals surface area contributed by atoms with Gasteiger partial charge in [0.05, 0.1) is 19.1 Å². The number of aromatic nitrogens is 2. The van der Waals surface area contributed by atoms with Crippen LogP contribution in [0.2, 0.25) is 0 Å². The molecule has 1 aliphatic carbocycles. The summed E-state index contributed by atoms with van der Waals surface area (Å²) in [4.78, 5) is 7.28. The summed E-state index contributed by atoms with van der Waals surface area (Å²) in [7, 11) is 1.73. The molecule has 100 valence electrons. The van der Waals surface area contributed by atoms with E-state index < -0.39 is 0 Å². The normalized spacial score (nSPS) is 13.2. The zero-order chi connectivity index (χ0) is 12.4. The number of aromatic amines is 1. The highest BCUT2D eigenvalue weighted by Crippen LogP contribution is 2.31. The number of rotatable bonds is 3. The maximum Gasteiger partial charge on any atom is 0.122 e. The first kappa shape index (κ1) is 13.7. The van der Waals surface area contributed by atoms with Crippen molar-refractivity contribution in [2.24, 2.45) is 0 Å². The average Bonchev–Trinajstić information content (AvgIpc) is 2.90. The van der Waals surface area contributed by atoms with Gasteiger partial charge in [-0.1, -0.05) is 23.8 Å². The van der Waals surface area contributed by atoms with Gasteiger partial charge < -0.3 is 9.72 Å². The molecule has 0 saturated heterocycles. The van der Waals surface area contributed by atoms with E-state index in [1.807, 2.05) is 18.3 Å². The summed E-state index contributed by atoms with van der Waals surface area (Å²) < 4.78 is 5.41. The molecule has 19 heavy (non-hydrogen) atoms. The van der Waals surface area contributed by atoms with Crippen LogP contribution in [-0.2, 0) is 12.8 Å². The molecule has 0 aliphatic heterocycles. The van der Waals surface area contributed by atoms with Gasteiger partial charge in [-0.2, -0.15) is 0 Å². The molecule has 3 nitrogen and oxygen atoms in total. The van der Waals surface area contributed by atoms with Crippen LogP contribution in [0.3, 0.4) is 0 Å². The highest BCUT2D eigenvalue weighted by molar-refractivity contribution is 5.85. The summed E-state index contributed by atoms with van der Waals surface area (Å²) in [6.45, 7) is 0. The molecule has 0 fully saturated rings. The maximum absolute atomic E-state index is 5.41. The summed E-state index contributed by atoms with van der Waals surface area (Å²) in [5.74, 6) is 1.00. The second kappa shape index (κ2) is 5.93. The lowest BCUT2D eigenvalue weighted by atomic mass is 9.89. The minimum absolute atomic E-state index is 0. The van der Waals surface area contributed by atoms with E-state index in [0.29, 0.717) is 0 Å². The zero-order valence-corrected chi connectivity index (χ0v) is 11.7. The van der Waals surface area contributed by atoms with Crippen LogP contribution in [0.1, 0.15) is 23.2 Å². The fraction of sp³-hybridized carbons (Fsp3) is 0.267. The fourth-order valence-corrected chi connectivity index (χ4v) is 2.51. The smallest absolute Gasteiger partial charge is 0.122 e. The Kier molecular flexibility index (Phi) is 4.27. The van der Waals surface area contributed by atoms with Gasteiger partial charge >= 0.3 is 0 Å². The van der Waals surface area contributed by atoms with Gasteiger partial charge in [-0.15, -0.1) is 12.4 Å². The third-order valence-corrected chi connectivity index (χ3v) is 3.41. The van der Waals surface area contributed by atoms with E-state index >= 15 is 0 Å². The van der Waals surface area contributed by atoms with Crippen molar-refractivity contribution in [2.75, 3.05) is 7.11 Å². The molecule has 1 heterocycles. The Morgan fingerprint density at radius 2 is 2.21 bits per heavy atom. The van der Waals surface area contributed by atoms with Crippen LogP contribution in [-0.4, -0.2) is 17.1 Å². The minimum atomic E-state index is 0. The van der Waals surface area contributed by atoms with Crippen molar-refractivity contribution in [3.05, 3.63) is 53.1 Å². The molecule has 3 rings (SSSR count). The number of nitrogens with one attached hydrogen (secondary N) is 1. The van der Waals surface area contributed by atoms with Crippen molar-refractivity contribution < 1.29 is 4.74 Å². The Labute approximate surface area is 119 Å². The van der Waals surface area contributed by atoms with Gasteiger partial charge in [0, 0.05) is 18.2 Å². The topological polar surface area (TPSA) is 37.9 Å². The molecule has 0 spiro atoms. The fourth-order valence-electron chi connectivity index (χ4n) is 2.51. The predicted octanol–water partition coefficient (Wildman–Crippen LogP) is 3.41. The summed E-state index contributed by atoms with van der Waals surface area (Å²) >= 11 is 0. The van der Waals surface area contributed by atoms with E-state index in [0.717, 1.165) is 30.7 Å². The van der Waals surface area contributed by atoms with Crippen LogP contribution in [0, 0.1) is 0 Å². The number of nitrogens with zero attached hydrogens (tertiary/aromatic N) is 1. The predicted molar refractivity (Wildman–Crippen MR) is 78.8 cm³/mol. The molecule has 0 amide bonds. The molecular weight excluding hydrogens is 260 g/mol. The Balaban J connectivity index is 0.00000133. The van der Waals surface area contributed by atoms with Crippen LogP contribution in [0.5, 0.6) is 5.75 Å². The van der Waals surface area contributed by atoms with E-state index in [1.165, 1.54) is 16.7 Å². The molecule has 0 unspecified atom stereocenters. The standard InChI is InChI=1S/C15H16N2O.ClH/c1-18-15-4-2-3-12-7-11(5-6-14(12)15)8-13-9-16-10-17-13;/h2-4,7,9-10H,5-6,8H2,1H3,(H,16,17);1H. The third kappa shape index (κ3) is 2.82. The number of allylic oxidation sites excluding steroid dienone is 1. The number of halogens is 1. The monoisotopic (exact) mass is 276 g/mol. The Hall–Kier alpha value is -1.74. The number of hydrogen-bond donors (Lipinski definition) is 1.